The molecule has 1 aliphatic rings. The third-order valence-electron chi connectivity index (χ3n) is 2.15. The number of hydrogen-bond acceptors (Lipinski definition) is 3. The van der Waals surface area contributed by atoms with Gasteiger partial charge in [-0.3, -0.25) is 0 Å². The van der Waals surface area contributed by atoms with Crippen molar-refractivity contribution in [3.8, 4) is 0 Å². The van der Waals surface area contributed by atoms with Gasteiger partial charge in [0, 0.05) is 0 Å². The second-order valence-corrected chi connectivity index (χ2v) is 2.89. The molecule has 0 aromatic carbocycles. The van der Waals surface area contributed by atoms with Crippen LogP contribution in [0, 0.1) is 0 Å². The van der Waals surface area contributed by atoms with Crippen LogP contribution in [-0.4, -0.2) is 30.2 Å². The van der Waals surface area contributed by atoms with E-state index in [1.807, 2.05) is 13.8 Å². The Balaban J connectivity index is 2.45. The van der Waals surface area contributed by atoms with E-state index in [4.69, 9.17) is 14.6 Å². The van der Waals surface area contributed by atoms with Crippen molar-refractivity contribution in [1.29, 1.82) is 0 Å². The Morgan fingerprint density at radius 1 is 1.27 bits per heavy atom. The number of ether oxygens (including phenoxy) is 2. The third kappa shape index (κ3) is 1.92. The number of aliphatic hydroxyl groups is 1. The van der Waals surface area contributed by atoms with Crippen molar-refractivity contribution in [2.45, 2.75) is 38.6 Å². The lowest BCUT2D eigenvalue weighted by atomic mass is 10.1. The Hall–Kier alpha value is -0.120. The molecule has 0 radical (unpaired) electrons. The molecule has 0 aromatic rings. The normalized spacial score (nSPS) is 25.4. The predicted molar refractivity (Wildman–Crippen MR) is 41.2 cm³/mol. The van der Waals surface area contributed by atoms with Crippen molar-refractivity contribution >= 4 is 0 Å². The molecule has 1 N–H and O–H groups in total. The number of hydrogen-bond donors (Lipinski definition) is 1. The summed E-state index contributed by atoms with van der Waals surface area (Å²) >= 11 is 0. The van der Waals surface area contributed by atoms with Crippen molar-refractivity contribution in [2.75, 3.05) is 13.2 Å². The first-order valence-corrected chi connectivity index (χ1v) is 4.18. The molecule has 1 aliphatic heterocycles. The number of aliphatic hydroxyl groups excluding tert-OH is 1. The molecular formula is C8H16O3. The zero-order valence-corrected chi connectivity index (χ0v) is 7.17. The molecule has 11 heavy (non-hydrogen) atoms. The largest absolute Gasteiger partial charge is 0.388 e. The minimum Gasteiger partial charge on any atom is -0.388 e. The molecule has 3 nitrogen and oxygen atoms in total. The zero-order chi connectivity index (χ0) is 8.32. The maximum Gasteiger partial charge on any atom is 0.168 e. The topological polar surface area (TPSA) is 38.7 Å². The summed E-state index contributed by atoms with van der Waals surface area (Å²) in [6, 6.07) is 0. The summed E-state index contributed by atoms with van der Waals surface area (Å²) < 4.78 is 10.8. The Bertz CT molecular complexity index is 111. The van der Waals surface area contributed by atoms with Gasteiger partial charge < -0.3 is 14.6 Å². The molecule has 3 heteroatoms. The van der Waals surface area contributed by atoms with E-state index < -0.39 is 11.9 Å². The van der Waals surface area contributed by atoms with Gasteiger partial charge in [-0.05, 0) is 12.8 Å². The lowest BCUT2D eigenvalue weighted by molar-refractivity contribution is -0.294. The van der Waals surface area contributed by atoms with Gasteiger partial charge in [0.25, 0.3) is 0 Å². The highest BCUT2D eigenvalue weighted by atomic mass is 16.7. The molecule has 0 saturated carbocycles. The fraction of sp³-hybridized carbons (Fsp3) is 1.00. The molecule has 0 aromatic heterocycles. The Morgan fingerprint density at radius 3 is 2.09 bits per heavy atom. The summed E-state index contributed by atoms with van der Waals surface area (Å²) in [5, 5.41) is 9.08. The summed E-state index contributed by atoms with van der Waals surface area (Å²) in [5.74, 6) is -0.417. The second-order valence-electron chi connectivity index (χ2n) is 2.89. The van der Waals surface area contributed by atoms with Gasteiger partial charge in [-0.2, -0.15) is 0 Å². The Kier molecular flexibility index (Phi) is 2.87. The first-order chi connectivity index (χ1) is 5.22. The lowest BCUT2D eigenvalue weighted by Gasteiger charge is -2.37. The SMILES string of the molecule is CCC1(CC)OCC(O)CO1. The van der Waals surface area contributed by atoms with E-state index in [-0.39, 0.29) is 0 Å². The molecule has 0 spiro atoms. The van der Waals surface area contributed by atoms with Crippen LogP contribution < -0.4 is 0 Å². The maximum absolute atomic E-state index is 9.08. The first-order valence-electron chi connectivity index (χ1n) is 4.18. The minimum atomic E-state index is -0.443. The molecule has 1 rings (SSSR count). The lowest BCUT2D eigenvalue weighted by Crippen LogP contribution is -2.45. The summed E-state index contributed by atoms with van der Waals surface area (Å²) in [4.78, 5) is 0. The van der Waals surface area contributed by atoms with E-state index in [1.54, 1.807) is 0 Å². The van der Waals surface area contributed by atoms with Crippen LogP contribution in [-0.2, 0) is 9.47 Å². The van der Waals surface area contributed by atoms with E-state index in [2.05, 4.69) is 0 Å². The average Bonchev–Trinajstić information content (AvgIpc) is 2.07. The van der Waals surface area contributed by atoms with Crippen molar-refractivity contribution in [3.05, 3.63) is 0 Å². The van der Waals surface area contributed by atoms with E-state index in [1.165, 1.54) is 0 Å². The fourth-order valence-corrected chi connectivity index (χ4v) is 1.24. The van der Waals surface area contributed by atoms with Gasteiger partial charge in [0.15, 0.2) is 5.79 Å². The van der Waals surface area contributed by atoms with Crippen LogP contribution >= 0.6 is 0 Å². The van der Waals surface area contributed by atoms with Gasteiger partial charge in [0.1, 0.15) is 6.10 Å². The minimum absolute atomic E-state index is 0.404. The summed E-state index contributed by atoms with van der Waals surface area (Å²) in [6.45, 7) is 4.87. The maximum atomic E-state index is 9.08. The van der Waals surface area contributed by atoms with Gasteiger partial charge in [-0.15, -0.1) is 0 Å². The molecule has 0 bridgehead atoms. The smallest absolute Gasteiger partial charge is 0.168 e. The van der Waals surface area contributed by atoms with Gasteiger partial charge in [0.05, 0.1) is 13.2 Å². The summed E-state index contributed by atoms with van der Waals surface area (Å²) in [7, 11) is 0. The monoisotopic (exact) mass is 160 g/mol. The molecule has 1 heterocycles. The highest BCUT2D eigenvalue weighted by Crippen LogP contribution is 2.25. The van der Waals surface area contributed by atoms with E-state index in [0.29, 0.717) is 13.2 Å². The van der Waals surface area contributed by atoms with Crippen molar-refractivity contribution in [1.82, 2.24) is 0 Å². The van der Waals surface area contributed by atoms with E-state index in [0.717, 1.165) is 12.8 Å². The standard InChI is InChI=1S/C8H16O3/c1-3-8(4-2)10-5-7(9)6-11-8/h7,9H,3-6H2,1-2H3. The van der Waals surface area contributed by atoms with Crippen molar-refractivity contribution < 1.29 is 14.6 Å². The molecule has 66 valence electrons. The van der Waals surface area contributed by atoms with E-state index >= 15 is 0 Å². The molecule has 0 unspecified atom stereocenters. The van der Waals surface area contributed by atoms with Gasteiger partial charge in [-0.25, -0.2) is 0 Å². The molecular weight excluding hydrogens is 144 g/mol. The molecule has 1 fully saturated rings. The average molecular weight is 160 g/mol. The quantitative estimate of drug-likeness (QED) is 0.652. The molecule has 1 saturated heterocycles. The van der Waals surface area contributed by atoms with Crippen LogP contribution in [0.15, 0.2) is 0 Å². The van der Waals surface area contributed by atoms with Crippen LogP contribution in [0.2, 0.25) is 0 Å². The van der Waals surface area contributed by atoms with Gasteiger partial charge >= 0.3 is 0 Å². The van der Waals surface area contributed by atoms with Crippen LogP contribution in [0.1, 0.15) is 26.7 Å². The fourth-order valence-electron chi connectivity index (χ4n) is 1.24. The summed E-state index contributed by atoms with van der Waals surface area (Å²) in [5.41, 5.74) is 0. The first kappa shape index (κ1) is 8.97. The second kappa shape index (κ2) is 3.52. The van der Waals surface area contributed by atoms with E-state index in [9.17, 15) is 0 Å². The van der Waals surface area contributed by atoms with Gasteiger partial charge in [0.2, 0.25) is 0 Å². The van der Waals surface area contributed by atoms with Crippen molar-refractivity contribution in [3.63, 3.8) is 0 Å². The van der Waals surface area contributed by atoms with Gasteiger partial charge in [-0.1, -0.05) is 13.8 Å². The highest BCUT2D eigenvalue weighted by Gasteiger charge is 2.33. The van der Waals surface area contributed by atoms with Crippen LogP contribution in [0.5, 0.6) is 0 Å². The summed E-state index contributed by atoms with van der Waals surface area (Å²) in [6.07, 6.45) is 1.24. The predicted octanol–water partition coefficient (Wildman–Crippen LogP) is 0.910. The molecule has 0 amide bonds. The van der Waals surface area contributed by atoms with Crippen LogP contribution in [0.3, 0.4) is 0 Å². The highest BCUT2D eigenvalue weighted by molar-refractivity contribution is 4.72. The van der Waals surface area contributed by atoms with Crippen LogP contribution in [0.4, 0.5) is 0 Å². The van der Waals surface area contributed by atoms with Crippen LogP contribution in [0.25, 0.3) is 0 Å². The molecule has 0 aliphatic carbocycles. The molecule has 0 atom stereocenters. The Labute approximate surface area is 67.3 Å². The Morgan fingerprint density at radius 2 is 1.73 bits per heavy atom. The zero-order valence-electron chi connectivity index (χ0n) is 7.17. The van der Waals surface area contributed by atoms with Crippen molar-refractivity contribution in [2.24, 2.45) is 0 Å². The number of rotatable bonds is 2. The third-order valence-corrected chi connectivity index (χ3v) is 2.15.